The van der Waals surface area contributed by atoms with Gasteiger partial charge in [-0.15, -0.1) is 0 Å². The van der Waals surface area contributed by atoms with Crippen molar-refractivity contribution >= 4 is 29.2 Å². The van der Waals surface area contributed by atoms with Crippen LogP contribution in [0.2, 0.25) is 5.02 Å². The molecule has 0 unspecified atom stereocenters. The minimum absolute atomic E-state index is 0.302. The van der Waals surface area contributed by atoms with Crippen molar-refractivity contribution in [2.75, 3.05) is 5.32 Å². The second-order valence-electron chi connectivity index (χ2n) is 7.93. The Balaban J connectivity index is 1.63. The maximum absolute atomic E-state index is 13.4. The van der Waals surface area contributed by atoms with Crippen LogP contribution in [0.1, 0.15) is 33.1 Å². The maximum atomic E-state index is 13.4. The number of nitrogens with zero attached hydrogens (tertiary/aromatic N) is 2. The van der Waals surface area contributed by atoms with Crippen LogP contribution in [0.25, 0.3) is 5.69 Å². The molecule has 0 bridgehead atoms. The van der Waals surface area contributed by atoms with Crippen LogP contribution in [0.4, 0.5) is 5.82 Å². The molecule has 4 aromatic rings. The Kier molecular flexibility index (Phi) is 5.44. The Morgan fingerprint density at radius 2 is 1.61 bits per heavy atom. The number of aryl methyl sites for hydroxylation is 1. The molecule has 0 saturated carbocycles. The first-order chi connectivity index (χ1) is 16.0. The number of carbonyl (C=O) groups is 2. The standard InChI is InChI=1S/C26H21ClN4O2/c1-16-21-22(17-12-14-19(27)15-13-17)23(28-25(32)18-8-4-2-5-9-18)26(33)29-24(21)31(30-16)20-10-6-3-7-11-20/h2-15,22-23H,1H3,(H,28,32)(H,29,33)/t22-,23+/m1/s1. The van der Waals surface area contributed by atoms with Gasteiger partial charge in [-0.05, 0) is 48.9 Å². The van der Waals surface area contributed by atoms with Crippen molar-refractivity contribution in [3.8, 4) is 5.69 Å². The van der Waals surface area contributed by atoms with E-state index in [1.165, 1.54) is 0 Å². The van der Waals surface area contributed by atoms with Gasteiger partial charge in [0.15, 0.2) is 0 Å². The lowest BCUT2D eigenvalue weighted by atomic mass is 9.82. The number of hydrogen-bond donors (Lipinski definition) is 2. The van der Waals surface area contributed by atoms with Crippen molar-refractivity contribution in [1.82, 2.24) is 15.1 Å². The fraction of sp³-hybridized carbons (Fsp3) is 0.115. The minimum Gasteiger partial charge on any atom is -0.339 e. The lowest BCUT2D eigenvalue weighted by Gasteiger charge is -2.33. The van der Waals surface area contributed by atoms with Crippen LogP contribution in [0.15, 0.2) is 84.9 Å². The van der Waals surface area contributed by atoms with Crippen LogP contribution in [0.5, 0.6) is 0 Å². The number of amides is 2. The molecule has 1 aliphatic heterocycles. The quantitative estimate of drug-likeness (QED) is 0.466. The van der Waals surface area contributed by atoms with Gasteiger partial charge in [0.05, 0.1) is 11.4 Å². The van der Waals surface area contributed by atoms with Gasteiger partial charge in [0.1, 0.15) is 11.9 Å². The summed E-state index contributed by atoms with van der Waals surface area (Å²) < 4.78 is 1.74. The van der Waals surface area contributed by atoms with E-state index in [1.54, 1.807) is 41.1 Å². The number of para-hydroxylation sites is 1. The number of fused-ring (bicyclic) bond motifs is 1. The molecule has 2 N–H and O–H groups in total. The molecule has 2 heterocycles. The van der Waals surface area contributed by atoms with Gasteiger partial charge < -0.3 is 10.6 Å². The molecule has 3 aromatic carbocycles. The third-order valence-corrected chi connectivity index (χ3v) is 6.08. The number of anilines is 1. The first-order valence-corrected chi connectivity index (χ1v) is 11.0. The van der Waals surface area contributed by atoms with E-state index in [-0.39, 0.29) is 11.8 Å². The molecule has 0 fully saturated rings. The van der Waals surface area contributed by atoms with Gasteiger partial charge in [-0.1, -0.05) is 60.1 Å². The summed E-state index contributed by atoms with van der Waals surface area (Å²) in [5.74, 6) is -0.444. The molecule has 0 aliphatic carbocycles. The molecule has 164 valence electrons. The number of benzene rings is 3. The zero-order valence-corrected chi connectivity index (χ0v) is 18.6. The number of aromatic nitrogens is 2. The van der Waals surface area contributed by atoms with Crippen molar-refractivity contribution in [3.05, 3.63) is 112 Å². The molecule has 5 rings (SSSR count). The number of nitrogens with one attached hydrogen (secondary N) is 2. The van der Waals surface area contributed by atoms with Crippen molar-refractivity contribution in [2.45, 2.75) is 18.9 Å². The largest absolute Gasteiger partial charge is 0.339 e. The number of carbonyl (C=O) groups excluding carboxylic acids is 2. The highest BCUT2D eigenvalue weighted by molar-refractivity contribution is 6.30. The van der Waals surface area contributed by atoms with Gasteiger partial charge in [0, 0.05) is 22.1 Å². The molecule has 7 heteroatoms. The minimum atomic E-state index is -0.821. The van der Waals surface area contributed by atoms with Gasteiger partial charge in [-0.3, -0.25) is 9.59 Å². The highest BCUT2D eigenvalue weighted by atomic mass is 35.5. The summed E-state index contributed by atoms with van der Waals surface area (Å²) >= 11 is 6.13. The molecule has 0 spiro atoms. The molecule has 0 saturated heterocycles. The average Bonchev–Trinajstić information content (AvgIpc) is 3.17. The Morgan fingerprint density at radius 1 is 0.970 bits per heavy atom. The van der Waals surface area contributed by atoms with E-state index in [2.05, 4.69) is 10.6 Å². The highest BCUT2D eigenvalue weighted by Gasteiger charge is 2.41. The van der Waals surface area contributed by atoms with Crippen LogP contribution in [-0.2, 0) is 4.79 Å². The lowest BCUT2D eigenvalue weighted by molar-refractivity contribution is -0.118. The molecular formula is C26H21ClN4O2. The lowest BCUT2D eigenvalue weighted by Crippen LogP contribution is -2.50. The summed E-state index contributed by atoms with van der Waals surface area (Å²) in [5, 5.41) is 11.3. The zero-order valence-electron chi connectivity index (χ0n) is 17.8. The molecule has 2 amide bonds. The predicted octanol–water partition coefficient (Wildman–Crippen LogP) is 4.72. The number of halogens is 1. The fourth-order valence-corrected chi connectivity index (χ4v) is 4.42. The average molecular weight is 457 g/mol. The number of hydrogen-bond acceptors (Lipinski definition) is 3. The fourth-order valence-electron chi connectivity index (χ4n) is 4.29. The summed E-state index contributed by atoms with van der Waals surface area (Å²) in [4.78, 5) is 26.4. The maximum Gasteiger partial charge on any atom is 0.251 e. The summed E-state index contributed by atoms with van der Waals surface area (Å²) in [7, 11) is 0. The third-order valence-electron chi connectivity index (χ3n) is 5.83. The molecule has 1 aromatic heterocycles. The van der Waals surface area contributed by atoms with Gasteiger partial charge in [0.25, 0.3) is 5.91 Å². The summed E-state index contributed by atoms with van der Waals surface area (Å²) in [6.45, 7) is 1.91. The van der Waals surface area contributed by atoms with E-state index < -0.39 is 12.0 Å². The van der Waals surface area contributed by atoms with Gasteiger partial charge in [-0.2, -0.15) is 5.10 Å². The Bertz CT molecular complexity index is 1320. The van der Waals surface area contributed by atoms with Crippen LogP contribution < -0.4 is 10.6 Å². The highest BCUT2D eigenvalue weighted by Crippen LogP contribution is 2.40. The second-order valence-corrected chi connectivity index (χ2v) is 8.37. The van der Waals surface area contributed by atoms with Crippen LogP contribution in [0, 0.1) is 6.92 Å². The molecule has 33 heavy (non-hydrogen) atoms. The van der Waals surface area contributed by atoms with E-state index in [0.29, 0.717) is 16.4 Å². The van der Waals surface area contributed by atoms with Gasteiger partial charge in [0.2, 0.25) is 5.91 Å². The predicted molar refractivity (Wildman–Crippen MR) is 128 cm³/mol. The van der Waals surface area contributed by atoms with Crippen molar-refractivity contribution in [1.29, 1.82) is 0 Å². The van der Waals surface area contributed by atoms with Crippen molar-refractivity contribution in [3.63, 3.8) is 0 Å². The van der Waals surface area contributed by atoms with E-state index in [9.17, 15) is 9.59 Å². The molecule has 2 atom stereocenters. The Morgan fingerprint density at radius 3 is 2.27 bits per heavy atom. The second kappa shape index (κ2) is 8.56. The normalized spacial score (nSPS) is 17.2. The molecule has 6 nitrogen and oxygen atoms in total. The van der Waals surface area contributed by atoms with Gasteiger partial charge >= 0.3 is 0 Å². The summed E-state index contributed by atoms with van der Waals surface area (Å²) in [6.07, 6.45) is 0. The molecule has 0 radical (unpaired) electrons. The Hall–Kier alpha value is -3.90. The first kappa shape index (κ1) is 21.0. The molecular weight excluding hydrogens is 436 g/mol. The number of rotatable bonds is 4. The van der Waals surface area contributed by atoms with Crippen molar-refractivity contribution in [2.24, 2.45) is 0 Å². The van der Waals surface area contributed by atoms with E-state index in [0.717, 1.165) is 22.5 Å². The van der Waals surface area contributed by atoms with Crippen molar-refractivity contribution < 1.29 is 9.59 Å². The SMILES string of the molecule is Cc1nn(-c2ccccc2)c2c1[C@@H](c1ccc(Cl)cc1)[C@H](NC(=O)c1ccccc1)C(=O)N2. The van der Waals surface area contributed by atoms with E-state index in [4.69, 9.17) is 16.7 Å². The third kappa shape index (κ3) is 3.90. The van der Waals surface area contributed by atoms with Crippen LogP contribution >= 0.6 is 11.6 Å². The van der Waals surface area contributed by atoms with Gasteiger partial charge in [-0.25, -0.2) is 4.68 Å². The molecule has 1 aliphatic rings. The van der Waals surface area contributed by atoms with Crippen LogP contribution in [0.3, 0.4) is 0 Å². The summed E-state index contributed by atoms with van der Waals surface area (Å²) in [6, 6.07) is 25.0. The monoisotopic (exact) mass is 456 g/mol. The van der Waals surface area contributed by atoms with Crippen LogP contribution in [-0.4, -0.2) is 27.6 Å². The first-order valence-electron chi connectivity index (χ1n) is 10.6. The zero-order chi connectivity index (χ0) is 22.9. The smallest absolute Gasteiger partial charge is 0.251 e. The Labute approximate surface area is 196 Å². The summed E-state index contributed by atoms with van der Waals surface area (Å²) in [5.41, 5.74) is 3.82. The topological polar surface area (TPSA) is 76.0 Å². The van der Waals surface area contributed by atoms with E-state index >= 15 is 0 Å². The van der Waals surface area contributed by atoms with E-state index in [1.807, 2.05) is 55.5 Å².